The molecule has 122 valence electrons. The summed E-state index contributed by atoms with van der Waals surface area (Å²) in [5.41, 5.74) is -0.447. The second-order valence-electron chi connectivity index (χ2n) is 5.81. The van der Waals surface area contributed by atoms with E-state index in [4.69, 9.17) is 4.74 Å². The second-order valence-corrected chi connectivity index (χ2v) is 6.72. The van der Waals surface area contributed by atoms with Gasteiger partial charge in [-0.15, -0.1) is 0 Å². The minimum atomic E-state index is -0.896. The number of nitrogens with zero attached hydrogens (tertiary/aromatic N) is 3. The van der Waals surface area contributed by atoms with Gasteiger partial charge in [0.2, 0.25) is 0 Å². The summed E-state index contributed by atoms with van der Waals surface area (Å²) < 4.78 is 7.44. The molecule has 0 aliphatic carbocycles. The Balaban J connectivity index is 1.90. The van der Waals surface area contributed by atoms with E-state index in [-0.39, 0.29) is 12.5 Å². The minimum absolute atomic E-state index is 0.143. The van der Waals surface area contributed by atoms with E-state index in [0.29, 0.717) is 18.7 Å². The van der Waals surface area contributed by atoms with E-state index >= 15 is 0 Å². The molecule has 4 heterocycles. The lowest BCUT2D eigenvalue weighted by molar-refractivity contribution is 0.00927. The number of hydrogen-bond donors (Lipinski definition) is 1. The first-order valence-electron chi connectivity index (χ1n) is 7.47. The SMILES string of the molecule is CCOC(=O)N1C(=O)N[C@]23CCCN2C(=O)c2cc(Br)cn2[C@H]13. The van der Waals surface area contributed by atoms with Crippen molar-refractivity contribution in [3.63, 3.8) is 0 Å². The Morgan fingerprint density at radius 2 is 2.30 bits per heavy atom. The van der Waals surface area contributed by atoms with Gasteiger partial charge in [-0.25, -0.2) is 14.5 Å². The number of amides is 4. The monoisotopic (exact) mass is 382 g/mol. The van der Waals surface area contributed by atoms with Gasteiger partial charge in [-0.1, -0.05) is 0 Å². The molecule has 4 amide bonds. The molecule has 9 heteroatoms. The zero-order chi connectivity index (χ0) is 16.4. The lowest BCUT2D eigenvalue weighted by Gasteiger charge is -2.44. The zero-order valence-electron chi connectivity index (χ0n) is 12.4. The predicted molar refractivity (Wildman–Crippen MR) is 81.6 cm³/mol. The van der Waals surface area contributed by atoms with Crippen LogP contribution in [-0.4, -0.2) is 51.2 Å². The van der Waals surface area contributed by atoms with Crippen molar-refractivity contribution in [1.29, 1.82) is 0 Å². The third-order valence-corrected chi connectivity index (χ3v) is 5.08. The van der Waals surface area contributed by atoms with Crippen molar-refractivity contribution in [2.75, 3.05) is 13.2 Å². The van der Waals surface area contributed by atoms with E-state index in [9.17, 15) is 14.4 Å². The van der Waals surface area contributed by atoms with Crippen molar-refractivity contribution in [3.05, 3.63) is 22.4 Å². The normalized spacial score (nSPS) is 28.3. The van der Waals surface area contributed by atoms with Crippen LogP contribution in [0.2, 0.25) is 0 Å². The standard InChI is InChI=1S/C14H15BrN4O4/c1-2-23-13(22)19-11-14(16-12(19)21)4-3-5-18(14)10(20)9-6-8(15)7-17(9)11/h6-7,11H,2-5H2,1H3,(H,16,21)/t11-,14-/m1/s1. The molecule has 1 aromatic heterocycles. The van der Waals surface area contributed by atoms with E-state index < -0.39 is 24.0 Å². The molecule has 3 aliphatic rings. The van der Waals surface area contributed by atoms with Crippen LogP contribution in [0.25, 0.3) is 0 Å². The Hall–Kier alpha value is -2.03. The van der Waals surface area contributed by atoms with Crippen molar-refractivity contribution in [2.45, 2.75) is 31.6 Å². The maximum Gasteiger partial charge on any atom is 0.419 e. The molecule has 0 aromatic carbocycles. The average Bonchev–Trinajstić information content (AvgIpc) is 3.14. The van der Waals surface area contributed by atoms with Crippen LogP contribution in [0.4, 0.5) is 9.59 Å². The van der Waals surface area contributed by atoms with Crippen LogP contribution in [0.1, 0.15) is 36.4 Å². The van der Waals surface area contributed by atoms with Gasteiger partial charge >= 0.3 is 12.1 Å². The lowest BCUT2D eigenvalue weighted by atomic mass is 10.0. The summed E-state index contributed by atoms with van der Waals surface area (Å²) in [7, 11) is 0. The highest BCUT2D eigenvalue weighted by Crippen LogP contribution is 2.47. The molecule has 2 fully saturated rings. The number of ether oxygens (including phenoxy) is 1. The van der Waals surface area contributed by atoms with Gasteiger partial charge < -0.3 is 19.5 Å². The molecular weight excluding hydrogens is 368 g/mol. The van der Waals surface area contributed by atoms with Gasteiger partial charge in [-0.2, -0.15) is 0 Å². The molecule has 4 rings (SSSR count). The van der Waals surface area contributed by atoms with Crippen LogP contribution in [-0.2, 0) is 4.74 Å². The van der Waals surface area contributed by atoms with Crippen molar-refractivity contribution in [2.24, 2.45) is 0 Å². The Labute approximate surface area is 140 Å². The Bertz CT molecular complexity index is 732. The van der Waals surface area contributed by atoms with E-state index in [1.165, 1.54) is 0 Å². The van der Waals surface area contributed by atoms with E-state index in [2.05, 4.69) is 21.2 Å². The highest BCUT2D eigenvalue weighted by molar-refractivity contribution is 9.10. The number of rotatable bonds is 1. The van der Waals surface area contributed by atoms with Gasteiger partial charge in [-0.3, -0.25) is 4.79 Å². The first kappa shape index (κ1) is 14.6. The number of carbonyl (C=O) groups excluding carboxylic acids is 3. The molecule has 0 bridgehead atoms. The number of imide groups is 1. The van der Waals surface area contributed by atoms with Gasteiger partial charge in [0.15, 0.2) is 11.8 Å². The first-order chi connectivity index (χ1) is 11.0. The molecule has 3 aliphatic heterocycles. The molecule has 0 unspecified atom stereocenters. The van der Waals surface area contributed by atoms with E-state index in [1.807, 2.05) is 0 Å². The van der Waals surface area contributed by atoms with Crippen LogP contribution in [0.3, 0.4) is 0 Å². The number of aromatic nitrogens is 1. The molecule has 8 nitrogen and oxygen atoms in total. The van der Waals surface area contributed by atoms with Gasteiger partial charge in [0.25, 0.3) is 5.91 Å². The minimum Gasteiger partial charge on any atom is -0.449 e. The Morgan fingerprint density at radius 1 is 1.52 bits per heavy atom. The molecule has 1 aromatic rings. The Kier molecular flexibility index (Phi) is 2.99. The molecule has 23 heavy (non-hydrogen) atoms. The number of urea groups is 1. The summed E-state index contributed by atoms with van der Waals surface area (Å²) >= 11 is 3.37. The molecule has 2 saturated heterocycles. The third kappa shape index (κ3) is 1.73. The molecular formula is C14H15BrN4O4. The summed E-state index contributed by atoms with van der Waals surface area (Å²) in [5, 5.41) is 2.86. The summed E-state index contributed by atoms with van der Waals surface area (Å²) in [4.78, 5) is 40.3. The summed E-state index contributed by atoms with van der Waals surface area (Å²) in [6, 6.07) is 1.17. The third-order valence-electron chi connectivity index (χ3n) is 4.64. The smallest absolute Gasteiger partial charge is 0.419 e. The fourth-order valence-corrected chi connectivity index (χ4v) is 4.28. The maximum absolute atomic E-state index is 12.8. The first-order valence-corrected chi connectivity index (χ1v) is 8.26. The lowest BCUT2D eigenvalue weighted by Crippen LogP contribution is -2.62. The van der Waals surface area contributed by atoms with Crippen LogP contribution in [0.5, 0.6) is 0 Å². The summed E-state index contributed by atoms with van der Waals surface area (Å²) in [6.45, 7) is 2.41. The van der Waals surface area contributed by atoms with Crippen molar-refractivity contribution >= 4 is 34.0 Å². The molecule has 0 radical (unpaired) electrons. The Morgan fingerprint density at radius 3 is 3.04 bits per heavy atom. The van der Waals surface area contributed by atoms with Crippen molar-refractivity contribution < 1.29 is 19.1 Å². The number of hydrogen-bond acceptors (Lipinski definition) is 4. The molecule has 1 N–H and O–H groups in total. The molecule has 0 saturated carbocycles. The van der Waals surface area contributed by atoms with Gasteiger partial charge in [0, 0.05) is 17.2 Å². The highest BCUT2D eigenvalue weighted by atomic mass is 79.9. The number of fused-ring (bicyclic) bond motifs is 2. The van der Waals surface area contributed by atoms with E-state index in [1.54, 1.807) is 28.7 Å². The van der Waals surface area contributed by atoms with Gasteiger partial charge in [-0.05, 0) is 41.8 Å². The topological polar surface area (TPSA) is 83.9 Å². The average molecular weight is 383 g/mol. The molecule has 2 atom stereocenters. The quantitative estimate of drug-likeness (QED) is 0.803. The zero-order valence-corrected chi connectivity index (χ0v) is 14.0. The van der Waals surface area contributed by atoms with Crippen LogP contribution >= 0.6 is 15.9 Å². The highest BCUT2D eigenvalue weighted by Gasteiger charge is 2.64. The number of carbonyl (C=O) groups is 3. The number of halogens is 1. The van der Waals surface area contributed by atoms with Crippen LogP contribution in [0.15, 0.2) is 16.7 Å². The summed E-state index contributed by atoms with van der Waals surface area (Å²) in [5.74, 6) is -0.143. The van der Waals surface area contributed by atoms with Gasteiger partial charge in [0.05, 0.1) is 6.61 Å². The van der Waals surface area contributed by atoms with E-state index in [0.717, 1.165) is 15.8 Å². The molecule has 1 spiro atoms. The van der Waals surface area contributed by atoms with Crippen LogP contribution < -0.4 is 5.32 Å². The van der Waals surface area contributed by atoms with Crippen LogP contribution in [0, 0.1) is 0 Å². The fraction of sp³-hybridized carbons (Fsp3) is 0.500. The second kappa shape index (κ2) is 4.73. The largest absolute Gasteiger partial charge is 0.449 e. The van der Waals surface area contributed by atoms with Crippen molar-refractivity contribution in [3.8, 4) is 0 Å². The predicted octanol–water partition coefficient (Wildman–Crippen LogP) is 1.88. The van der Waals surface area contributed by atoms with Gasteiger partial charge in [0.1, 0.15) is 5.69 Å². The maximum atomic E-state index is 12.8. The fourth-order valence-electron chi connectivity index (χ4n) is 3.84. The van der Waals surface area contributed by atoms with Crippen molar-refractivity contribution in [1.82, 2.24) is 19.7 Å². The summed E-state index contributed by atoms with van der Waals surface area (Å²) in [6.07, 6.45) is 1.74. The number of nitrogens with one attached hydrogen (secondary N) is 1.